The standard InChI is InChI=1S/C27H25N3O3/c1-18-4-9-23(10-5-18)29-26(31)17-33-25-12-7-21(8-13-25)15-22(16-28)27(32)30-24-11-6-19(2)20(3)14-24/h4-15H,17H2,1-3H3,(H,29,31)(H,30,32)/b22-15+. The first kappa shape index (κ1) is 23.3. The maximum Gasteiger partial charge on any atom is 0.266 e. The zero-order valence-electron chi connectivity index (χ0n) is 18.8. The summed E-state index contributed by atoms with van der Waals surface area (Å²) in [6.45, 7) is 5.79. The molecule has 0 heterocycles. The average Bonchev–Trinajstić information content (AvgIpc) is 2.80. The van der Waals surface area contributed by atoms with Crippen LogP contribution in [0.2, 0.25) is 0 Å². The van der Waals surface area contributed by atoms with Crippen LogP contribution in [0, 0.1) is 32.1 Å². The molecule has 0 bridgehead atoms. The SMILES string of the molecule is Cc1ccc(NC(=O)COc2ccc(/C=C(\C#N)C(=O)Nc3ccc(C)c(C)c3)cc2)cc1. The quantitative estimate of drug-likeness (QED) is 0.392. The summed E-state index contributed by atoms with van der Waals surface area (Å²) in [5.74, 6) is -0.240. The Hall–Kier alpha value is -4.37. The lowest BCUT2D eigenvalue weighted by Gasteiger charge is -2.08. The summed E-state index contributed by atoms with van der Waals surface area (Å²) in [7, 11) is 0. The van der Waals surface area contributed by atoms with Crippen molar-refractivity contribution in [2.24, 2.45) is 0 Å². The van der Waals surface area contributed by atoms with Gasteiger partial charge in [0.1, 0.15) is 17.4 Å². The van der Waals surface area contributed by atoms with Gasteiger partial charge in [0.2, 0.25) is 0 Å². The van der Waals surface area contributed by atoms with Gasteiger partial charge in [-0.1, -0.05) is 35.9 Å². The molecule has 6 nitrogen and oxygen atoms in total. The molecular formula is C27H25N3O3. The summed E-state index contributed by atoms with van der Waals surface area (Å²) in [6.07, 6.45) is 1.50. The summed E-state index contributed by atoms with van der Waals surface area (Å²) >= 11 is 0. The first-order valence-corrected chi connectivity index (χ1v) is 10.4. The van der Waals surface area contributed by atoms with E-state index < -0.39 is 5.91 Å². The largest absolute Gasteiger partial charge is 0.484 e. The number of benzene rings is 3. The maximum atomic E-state index is 12.5. The number of nitrogens with zero attached hydrogens (tertiary/aromatic N) is 1. The van der Waals surface area contributed by atoms with Gasteiger partial charge in [0.25, 0.3) is 11.8 Å². The van der Waals surface area contributed by atoms with Crippen LogP contribution >= 0.6 is 0 Å². The van der Waals surface area contributed by atoms with Crippen LogP contribution in [-0.4, -0.2) is 18.4 Å². The molecule has 0 saturated carbocycles. The van der Waals surface area contributed by atoms with Crippen molar-refractivity contribution >= 4 is 29.3 Å². The second-order valence-corrected chi connectivity index (χ2v) is 7.69. The highest BCUT2D eigenvalue weighted by Crippen LogP contribution is 2.18. The molecule has 166 valence electrons. The molecule has 6 heteroatoms. The molecular weight excluding hydrogens is 414 g/mol. The van der Waals surface area contributed by atoms with E-state index in [1.54, 1.807) is 30.3 Å². The Morgan fingerprint density at radius 1 is 0.879 bits per heavy atom. The van der Waals surface area contributed by atoms with E-state index in [-0.39, 0.29) is 18.1 Å². The summed E-state index contributed by atoms with van der Waals surface area (Å²) < 4.78 is 5.52. The van der Waals surface area contributed by atoms with E-state index in [4.69, 9.17) is 4.74 Å². The normalized spacial score (nSPS) is 10.8. The predicted molar refractivity (Wildman–Crippen MR) is 130 cm³/mol. The van der Waals surface area contributed by atoms with Gasteiger partial charge in [-0.2, -0.15) is 5.26 Å². The van der Waals surface area contributed by atoms with Gasteiger partial charge in [0, 0.05) is 11.4 Å². The van der Waals surface area contributed by atoms with Crippen molar-refractivity contribution in [2.75, 3.05) is 17.2 Å². The number of amides is 2. The van der Waals surface area contributed by atoms with E-state index in [0.29, 0.717) is 22.7 Å². The van der Waals surface area contributed by atoms with Crippen molar-refractivity contribution in [1.82, 2.24) is 0 Å². The zero-order valence-corrected chi connectivity index (χ0v) is 18.8. The molecule has 0 saturated heterocycles. The van der Waals surface area contributed by atoms with Crippen molar-refractivity contribution in [1.29, 1.82) is 5.26 Å². The number of carbonyl (C=O) groups is 2. The van der Waals surface area contributed by atoms with Crippen LogP contribution in [-0.2, 0) is 9.59 Å². The molecule has 0 aliphatic heterocycles. The van der Waals surface area contributed by atoms with Crippen LogP contribution in [0.25, 0.3) is 6.08 Å². The van der Waals surface area contributed by atoms with Crippen molar-refractivity contribution in [3.8, 4) is 11.8 Å². The van der Waals surface area contributed by atoms with Gasteiger partial charge in [0.15, 0.2) is 6.61 Å². The van der Waals surface area contributed by atoms with Crippen molar-refractivity contribution in [3.63, 3.8) is 0 Å². The van der Waals surface area contributed by atoms with Crippen LogP contribution in [0.4, 0.5) is 11.4 Å². The molecule has 2 amide bonds. The maximum absolute atomic E-state index is 12.5. The summed E-state index contributed by atoms with van der Waals surface area (Å²) in [5.41, 5.74) is 5.28. The van der Waals surface area contributed by atoms with E-state index >= 15 is 0 Å². The number of carbonyl (C=O) groups excluding carboxylic acids is 2. The highest BCUT2D eigenvalue weighted by atomic mass is 16.5. The van der Waals surface area contributed by atoms with E-state index in [1.807, 2.05) is 63.2 Å². The van der Waals surface area contributed by atoms with Crippen LogP contribution in [0.15, 0.2) is 72.3 Å². The lowest BCUT2D eigenvalue weighted by molar-refractivity contribution is -0.118. The first-order valence-electron chi connectivity index (χ1n) is 10.4. The number of nitriles is 1. The fourth-order valence-corrected chi connectivity index (χ4v) is 2.98. The summed E-state index contributed by atoms with van der Waals surface area (Å²) in [5, 5.41) is 14.9. The number of anilines is 2. The Morgan fingerprint density at radius 2 is 1.55 bits per heavy atom. The Labute approximate surface area is 193 Å². The van der Waals surface area contributed by atoms with E-state index in [1.165, 1.54) is 6.08 Å². The highest BCUT2D eigenvalue weighted by Gasteiger charge is 2.10. The molecule has 33 heavy (non-hydrogen) atoms. The first-order chi connectivity index (χ1) is 15.8. The molecule has 0 atom stereocenters. The van der Waals surface area contributed by atoms with Gasteiger partial charge in [0.05, 0.1) is 0 Å². The second kappa shape index (κ2) is 10.8. The average molecular weight is 440 g/mol. The highest BCUT2D eigenvalue weighted by molar-refractivity contribution is 6.09. The number of nitrogens with one attached hydrogen (secondary N) is 2. The van der Waals surface area contributed by atoms with E-state index in [9.17, 15) is 14.9 Å². The number of aryl methyl sites for hydroxylation is 3. The fourth-order valence-electron chi connectivity index (χ4n) is 2.98. The molecule has 0 radical (unpaired) electrons. The Balaban J connectivity index is 1.57. The van der Waals surface area contributed by atoms with Crippen LogP contribution in [0.3, 0.4) is 0 Å². The molecule has 0 aromatic heterocycles. The second-order valence-electron chi connectivity index (χ2n) is 7.69. The van der Waals surface area contributed by atoms with Crippen molar-refractivity contribution in [3.05, 3.63) is 94.6 Å². The third-order valence-corrected chi connectivity index (χ3v) is 5.03. The Morgan fingerprint density at radius 3 is 2.18 bits per heavy atom. The fraction of sp³-hybridized carbons (Fsp3) is 0.148. The predicted octanol–water partition coefficient (Wildman–Crippen LogP) is 5.18. The third-order valence-electron chi connectivity index (χ3n) is 5.03. The number of ether oxygens (including phenoxy) is 1. The smallest absolute Gasteiger partial charge is 0.266 e. The van der Waals surface area contributed by atoms with Gasteiger partial charge in [-0.15, -0.1) is 0 Å². The minimum atomic E-state index is -0.478. The Kier molecular flexibility index (Phi) is 7.61. The molecule has 3 aromatic carbocycles. The summed E-state index contributed by atoms with van der Waals surface area (Å²) in [4.78, 5) is 24.5. The van der Waals surface area contributed by atoms with Crippen molar-refractivity contribution < 1.29 is 14.3 Å². The van der Waals surface area contributed by atoms with Gasteiger partial charge in [-0.25, -0.2) is 0 Å². The van der Waals surface area contributed by atoms with Crippen molar-refractivity contribution in [2.45, 2.75) is 20.8 Å². The van der Waals surface area contributed by atoms with Crippen LogP contribution in [0.1, 0.15) is 22.3 Å². The molecule has 0 fully saturated rings. The van der Waals surface area contributed by atoms with Crippen LogP contribution < -0.4 is 15.4 Å². The minimum absolute atomic E-state index is 0.0145. The van der Waals surface area contributed by atoms with Gasteiger partial charge in [-0.3, -0.25) is 9.59 Å². The zero-order chi connectivity index (χ0) is 23.8. The molecule has 0 unspecified atom stereocenters. The lowest BCUT2D eigenvalue weighted by Crippen LogP contribution is -2.20. The van der Waals surface area contributed by atoms with Crippen LogP contribution in [0.5, 0.6) is 5.75 Å². The molecule has 3 aromatic rings. The van der Waals surface area contributed by atoms with E-state index in [2.05, 4.69) is 10.6 Å². The third kappa shape index (κ3) is 6.81. The summed E-state index contributed by atoms with van der Waals surface area (Å²) in [6, 6.07) is 21.8. The molecule has 0 aliphatic carbocycles. The topological polar surface area (TPSA) is 91.2 Å². The monoisotopic (exact) mass is 439 g/mol. The minimum Gasteiger partial charge on any atom is -0.484 e. The molecule has 2 N–H and O–H groups in total. The molecule has 0 aliphatic rings. The van der Waals surface area contributed by atoms with Gasteiger partial charge in [-0.05, 0) is 79.9 Å². The van der Waals surface area contributed by atoms with Gasteiger partial charge < -0.3 is 15.4 Å². The lowest BCUT2D eigenvalue weighted by atomic mass is 10.1. The molecule has 0 spiro atoms. The molecule has 3 rings (SSSR count). The number of hydrogen-bond donors (Lipinski definition) is 2. The number of rotatable bonds is 7. The Bertz CT molecular complexity index is 1220. The van der Waals surface area contributed by atoms with E-state index in [0.717, 1.165) is 16.7 Å². The number of hydrogen-bond acceptors (Lipinski definition) is 4. The van der Waals surface area contributed by atoms with Gasteiger partial charge >= 0.3 is 0 Å².